The lowest BCUT2D eigenvalue weighted by atomic mass is 9.90. The molecule has 23 heavy (non-hydrogen) atoms. The van der Waals surface area contributed by atoms with Crippen molar-refractivity contribution in [3.8, 4) is 10.6 Å². The van der Waals surface area contributed by atoms with E-state index in [1.54, 1.807) is 0 Å². The third-order valence-corrected chi connectivity index (χ3v) is 5.04. The van der Waals surface area contributed by atoms with Gasteiger partial charge in [-0.1, -0.05) is 18.2 Å². The molecule has 1 aromatic carbocycles. The van der Waals surface area contributed by atoms with Crippen LogP contribution in [-0.2, 0) is 12.8 Å². The molecule has 4 nitrogen and oxygen atoms in total. The van der Waals surface area contributed by atoms with Gasteiger partial charge in [0.25, 0.3) is 5.91 Å². The minimum Gasteiger partial charge on any atom is -0.442 e. The molecule has 4 rings (SSSR count). The van der Waals surface area contributed by atoms with Crippen LogP contribution in [-0.4, -0.2) is 10.9 Å². The molecule has 2 heterocycles. The predicted molar refractivity (Wildman–Crippen MR) is 90.9 cm³/mol. The van der Waals surface area contributed by atoms with Gasteiger partial charge in [-0.05, 0) is 54.3 Å². The lowest BCUT2D eigenvalue weighted by molar-refractivity contribution is 0.102. The first-order chi connectivity index (χ1) is 11.3. The highest BCUT2D eigenvalue weighted by molar-refractivity contribution is 7.13. The standard InChI is InChI=1S/C18H16N2O2S/c21-18(16-17(22-11-19-16)15-9-4-10-23-15)20-14-8-3-6-12-5-1-2-7-13(12)14/h3-4,6,8-11H,1-2,5,7H2,(H,20,21). The van der Waals surface area contributed by atoms with E-state index in [1.807, 2.05) is 29.6 Å². The van der Waals surface area contributed by atoms with Crippen molar-refractivity contribution < 1.29 is 9.21 Å². The van der Waals surface area contributed by atoms with Crippen molar-refractivity contribution in [3.05, 3.63) is 58.9 Å². The number of aromatic nitrogens is 1. The van der Waals surface area contributed by atoms with Crippen molar-refractivity contribution in [1.29, 1.82) is 0 Å². The topological polar surface area (TPSA) is 55.1 Å². The van der Waals surface area contributed by atoms with Gasteiger partial charge < -0.3 is 9.73 Å². The van der Waals surface area contributed by atoms with Gasteiger partial charge in [0.2, 0.25) is 0 Å². The van der Waals surface area contributed by atoms with Crippen molar-refractivity contribution in [3.63, 3.8) is 0 Å². The molecule has 2 aromatic heterocycles. The molecule has 1 aliphatic carbocycles. The lowest BCUT2D eigenvalue weighted by Crippen LogP contribution is -2.16. The molecule has 0 saturated heterocycles. The summed E-state index contributed by atoms with van der Waals surface area (Å²) in [5.74, 6) is 0.309. The van der Waals surface area contributed by atoms with Crippen LogP contribution in [0.3, 0.4) is 0 Å². The van der Waals surface area contributed by atoms with Crippen molar-refractivity contribution >= 4 is 22.9 Å². The number of rotatable bonds is 3. The zero-order valence-electron chi connectivity index (χ0n) is 12.5. The molecule has 0 spiro atoms. The van der Waals surface area contributed by atoms with E-state index in [4.69, 9.17) is 4.42 Å². The number of hydrogen-bond donors (Lipinski definition) is 1. The average Bonchev–Trinajstić information content (AvgIpc) is 3.26. The Labute approximate surface area is 138 Å². The SMILES string of the molecule is O=C(Nc1cccc2c1CCCC2)c1ncoc1-c1cccs1. The zero-order chi connectivity index (χ0) is 15.6. The van der Waals surface area contributed by atoms with Crippen LogP contribution in [0.2, 0.25) is 0 Å². The maximum atomic E-state index is 12.6. The Kier molecular flexibility index (Phi) is 3.71. The first-order valence-electron chi connectivity index (χ1n) is 7.72. The number of hydrogen-bond acceptors (Lipinski definition) is 4. The van der Waals surface area contributed by atoms with Gasteiger partial charge in [0.05, 0.1) is 4.88 Å². The number of carbonyl (C=O) groups is 1. The maximum absolute atomic E-state index is 12.6. The van der Waals surface area contributed by atoms with Gasteiger partial charge in [0.15, 0.2) is 17.8 Å². The second-order valence-corrected chi connectivity index (χ2v) is 6.56. The first-order valence-corrected chi connectivity index (χ1v) is 8.60. The van der Waals surface area contributed by atoms with Crippen molar-refractivity contribution in [2.75, 3.05) is 5.32 Å². The Morgan fingerprint density at radius 3 is 2.96 bits per heavy atom. The van der Waals surface area contributed by atoms with Crippen molar-refractivity contribution in [2.45, 2.75) is 25.7 Å². The first kappa shape index (κ1) is 14.2. The van der Waals surface area contributed by atoms with E-state index in [2.05, 4.69) is 16.4 Å². The van der Waals surface area contributed by atoms with Crippen molar-refractivity contribution in [2.24, 2.45) is 0 Å². The number of anilines is 1. The molecule has 0 atom stereocenters. The van der Waals surface area contributed by atoms with Gasteiger partial charge in [-0.3, -0.25) is 4.79 Å². The predicted octanol–water partition coefficient (Wildman–Crippen LogP) is 4.53. The van der Waals surface area contributed by atoms with E-state index < -0.39 is 0 Å². The molecular weight excluding hydrogens is 308 g/mol. The van der Waals surface area contributed by atoms with Gasteiger partial charge in [-0.2, -0.15) is 0 Å². The Morgan fingerprint density at radius 1 is 1.17 bits per heavy atom. The Balaban J connectivity index is 1.64. The summed E-state index contributed by atoms with van der Waals surface area (Å²) in [5.41, 5.74) is 3.83. The lowest BCUT2D eigenvalue weighted by Gasteiger charge is -2.19. The van der Waals surface area contributed by atoms with Crippen LogP contribution in [0.25, 0.3) is 10.6 Å². The summed E-state index contributed by atoms with van der Waals surface area (Å²) >= 11 is 1.53. The smallest absolute Gasteiger partial charge is 0.278 e. The molecule has 0 saturated carbocycles. The van der Waals surface area contributed by atoms with Crippen LogP contribution in [0.4, 0.5) is 5.69 Å². The fraction of sp³-hybridized carbons (Fsp3) is 0.222. The maximum Gasteiger partial charge on any atom is 0.278 e. The molecule has 3 aromatic rings. The fourth-order valence-corrected chi connectivity index (χ4v) is 3.78. The summed E-state index contributed by atoms with van der Waals surface area (Å²) in [7, 11) is 0. The highest BCUT2D eigenvalue weighted by Gasteiger charge is 2.21. The zero-order valence-corrected chi connectivity index (χ0v) is 13.4. The second-order valence-electron chi connectivity index (χ2n) is 5.61. The number of oxazole rings is 1. The largest absolute Gasteiger partial charge is 0.442 e. The van der Waals surface area contributed by atoms with Crippen LogP contribution >= 0.6 is 11.3 Å². The van der Waals surface area contributed by atoms with Gasteiger partial charge in [0.1, 0.15) is 0 Å². The third kappa shape index (κ3) is 2.68. The molecule has 116 valence electrons. The van der Waals surface area contributed by atoms with Crippen molar-refractivity contribution in [1.82, 2.24) is 4.98 Å². The molecular formula is C18H16N2O2S. The van der Waals surface area contributed by atoms with Crippen LogP contribution in [0.5, 0.6) is 0 Å². The number of nitrogens with one attached hydrogen (secondary N) is 1. The number of thiophene rings is 1. The third-order valence-electron chi connectivity index (χ3n) is 4.17. The molecule has 0 aliphatic heterocycles. The number of fused-ring (bicyclic) bond motifs is 1. The molecule has 0 fully saturated rings. The molecule has 0 radical (unpaired) electrons. The number of nitrogens with zero attached hydrogens (tertiary/aromatic N) is 1. The van der Waals surface area contributed by atoms with E-state index in [0.29, 0.717) is 11.5 Å². The summed E-state index contributed by atoms with van der Waals surface area (Å²) in [6, 6.07) is 9.97. The number of benzene rings is 1. The Morgan fingerprint density at radius 2 is 2.09 bits per heavy atom. The minimum atomic E-state index is -0.221. The molecule has 5 heteroatoms. The van der Waals surface area contributed by atoms with E-state index in [1.165, 1.54) is 41.7 Å². The van der Waals surface area contributed by atoms with Crippen LogP contribution in [0.15, 0.2) is 46.5 Å². The van der Waals surface area contributed by atoms with Gasteiger partial charge in [-0.15, -0.1) is 11.3 Å². The second kappa shape index (κ2) is 6.01. The normalized spacial score (nSPS) is 13.6. The molecule has 1 N–H and O–H groups in total. The summed E-state index contributed by atoms with van der Waals surface area (Å²) in [4.78, 5) is 17.7. The monoisotopic (exact) mass is 324 g/mol. The summed E-state index contributed by atoms with van der Waals surface area (Å²) in [5, 5.41) is 4.97. The molecule has 1 aliphatic rings. The molecule has 1 amide bonds. The minimum absolute atomic E-state index is 0.221. The van der Waals surface area contributed by atoms with Gasteiger partial charge >= 0.3 is 0 Å². The van der Waals surface area contributed by atoms with E-state index >= 15 is 0 Å². The highest BCUT2D eigenvalue weighted by Crippen LogP contribution is 2.30. The van der Waals surface area contributed by atoms with E-state index in [0.717, 1.165) is 23.4 Å². The fourth-order valence-electron chi connectivity index (χ4n) is 3.07. The highest BCUT2D eigenvalue weighted by atomic mass is 32.1. The quantitative estimate of drug-likeness (QED) is 0.770. The molecule has 0 bridgehead atoms. The summed E-state index contributed by atoms with van der Waals surface area (Å²) in [6.45, 7) is 0. The average molecular weight is 324 g/mol. The Hall–Kier alpha value is -2.40. The summed E-state index contributed by atoms with van der Waals surface area (Å²) < 4.78 is 5.42. The van der Waals surface area contributed by atoms with Crippen LogP contribution < -0.4 is 5.32 Å². The number of carbonyl (C=O) groups excluding carboxylic acids is 1. The molecule has 0 unspecified atom stereocenters. The number of amides is 1. The van der Waals surface area contributed by atoms with Gasteiger partial charge in [0, 0.05) is 5.69 Å². The number of aryl methyl sites for hydroxylation is 1. The van der Waals surface area contributed by atoms with E-state index in [9.17, 15) is 4.79 Å². The van der Waals surface area contributed by atoms with Crippen LogP contribution in [0.1, 0.15) is 34.5 Å². The van der Waals surface area contributed by atoms with Crippen LogP contribution in [0, 0.1) is 0 Å². The Bertz CT molecular complexity index is 837. The van der Waals surface area contributed by atoms with E-state index in [-0.39, 0.29) is 5.91 Å². The summed E-state index contributed by atoms with van der Waals surface area (Å²) in [6.07, 6.45) is 5.82. The van der Waals surface area contributed by atoms with Gasteiger partial charge in [-0.25, -0.2) is 4.98 Å².